The lowest BCUT2D eigenvalue weighted by Crippen LogP contribution is -2.52. The minimum atomic E-state index is -1.61. The van der Waals surface area contributed by atoms with E-state index < -0.39 is 77.6 Å². The number of esters is 2. The third-order valence-electron chi connectivity index (χ3n) is 10.6. The minimum Gasteiger partial charge on any atom is -0.496 e. The highest BCUT2D eigenvalue weighted by Gasteiger charge is 2.42. The van der Waals surface area contributed by atoms with Gasteiger partial charge in [0.15, 0.2) is 18.1 Å². The number of anilines is 1. The Kier molecular flexibility index (Phi) is 16.2. The zero-order valence-electron chi connectivity index (χ0n) is 38.9. The second-order valence-electron chi connectivity index (χ2n) is 18.0. The maximum absolute atomic E-state index is 14.2. The van der Waals surface area contributed by atoms with Gasteiger partial charge in [-0.2, -0.15) is 0 Å². The van der Waals surface area contributed by atoms with Crippen molar-refractivity contribution in [3.8, 4) is 5.75 Å². The van der Waals surface area contributed by atoms with Crippen molar-refractivity contribution in [1.82, 2.24) is 15.5 Å². The van der Waals surface area contributed by atoms with E-state index in [9.17, 15) is 33.9 Å². The Morgan fingerprint density at radius 3 is 2.26 bits per heavy atom. The smallest absolute Gasteiger partial charge is 0.412 e. The summed E-state index contributed by atoms with van der Waals surface area (Å²) in [6.45, 7) is 17.5. The molecule has 0 bridgehead atoms. The lowest BCUT2D eigenvalue weighted by molar-refractivity contribution is -0.304. The molecule has 2 aromatic rings. The summed E-state index contributed by atoms with van der Waals surface area (Å²) < 4.78 is 33.9. The van der Waals surface area contributed by atoms with Crippen molar-refractivity contribution >= 4 is 59.0 Å². The van der Waals surface area contributed by atoms with Crippen LogP contribution in [-0.4, -0.2) is 108 Å². The zero-order valence-corrected chi connectivity index (χ0v) is 38.9. The van der Waals surface area contributed by atoms with Gasteiger partial charge >= 0.3 is 24.0 Å². The van der Waals surface area contributed by atoms with E-state index in [-0.39, 0.29) is 59.0 Å². The monoisotopic (exact) mass is 915 g/mol. The molecular weight excluding hydrogens is 855 g/mol. The lowest BCUT2D eigenvalue weighted by atomic mass is 9.88. The molecule has 5 N–H and O–H groups in total. The number of hydrogen-bond acceptors (Lipinski definition) is 14. The summed E-state index contributed by atoms with van der Waals surface area (Å²) in [5.41, 5.74) is 0.577. The number of ether oxygens (including phenoxy) is 6. The van der Waals surface area contributed by atoms with Gasteiger partial charge < -0.3 is 49.1 Å². The Labute approximate surface area is 384 Å². The average Bonchev–Trinajstić information content (AvgIpc) is 4.07. The molecule has 18 heteroatoms. The Hall–Kier alpha value is -6.53. The number of amides is 3. The summed E-state index contributed by atoms with van der Waals surface area (Å²) in [5.74, 6) is -4.90. The van der Waals surface area contributed by atoms with E-state index in [1.54, 1.807) is 48.5 Å². The highest BCUT2D eigenvalue weighted by Crippen LogP contribution is 2.38. The molecule has 2 unspecified atom stereocenters. The highest BCUT2D eigenvalue weighted by atomic mass is 16.7. The third kappa shape index (κ3) is 13.5. The first-order valence-corrected chi connectivity index (χ1v) is 21.8. The first-order chi connectivity index (χ1) is 31.0. The van der Waals surface area contributed by atoms with Gasteiger partial charge in [-0.3, -0.25) is 29.9 Å². The summed E-state index contributed by atoms with van der Waals surface area (Å²) in [7, 11) is 1.41. The second kappa shape index (κ2) is 21.2. The molecule has 0 aromatic heterocycles. The molecule has 2 heterocycles. The summed E-state index contributed by atoms with van der Waals surface area (Å²) in [4.78, 5) is 80.4. The first-order valence-electron chi connectivity index (χ1n) is 21.8. The van der Waals surface area contributed by atoms with Gasteiger partial charge in [0.25, 0.3) is 11.8 Å². The van der Waals surface area contributed by atoms with Crippen molar-refractivity contribution in [3.63, 3.8) is 0 Å². The Bertz CT molecular complexity index is 2270. The largest absolute Gasteiger partial charge is 0.496 e. The molecule has 3 amide bonds. The molecular formula is C48H61N5O13. The number of amidine groups is 1. The maximum Gasteiger partial charge on any atom is 0.412 e. The molecule has 18 nitrogen and oxygen atoms in total. The van der Waals surface area contributed by atoms with Crippen molar-refractivity contribution in [2.75, 3.05) is 25.6 Å². The van der Waals surface area contributed by atoms with E-state index in [2.05, 4.69) is 22.5 Å². The predicted molar refractivity (Wildman–Crippen MR) is 243 cm³/mol. The van der Waals surface area contributed by atoms with Crippen molar-refractivity contribution in [1.29, 1.82) is 5.41 Å². The predicted octanol–water partition coefficient (Wildman–Crippen LogP) is 6.39. The zero-order chi connectivity index (χ0) is 48.7. The number of methoxy groups -OCH3 is 1. The Morgan fingerprint density at radius 2 is 1.67 bits per heavy atom. The van der Waals surface area contributed by atoms with E-state index in [0.29, 0.717) is 23.7 Å². The van der Waals surface area contributed by atoms with Crippen LogP contribution in [0, 0.1) is 17.2 Å². The van der Waals surface area contributed by atoms with E-state index in [1.807, 2.05) is 0 Å². The van der Waals surface area contributed by atoms with Crippen molar-refractivity contribution in [3.05, 3.63) is 83.1 Å². The molecule has 0 radical (unpaired) electrons. The highest BCUT2D eigenvalue weighted by molar-refractivity contribution is 6.11. The van der Waals surface area contributed by atoms with Gasteiger partial charge in [-0.05, 0) is 114 Å². The van der Waals surface area contributed by atoms with Gasteiger partial charge in [0.2, 0.25) is 0 Å². The number of alkyl carbamates (subject to hydrolysis) is 1. The first kappa shape index (κ1) is 50.5. The minimum absolute atomic E-state index is 0.00914. The topological polar surface area (TPSA) is 241 Å². The number of carbonyl (C=O) groups is 6. The molecule has 1 saturated heterocycles. The molecule has 356 valence electrons. The Balaban J connectivity index is 1.32. The number of carboxylic acids is 1. The number of nitrogens with zero attached hydrogens (tertiary/aromatic N) is 1. The van der Waals surface area contributed by atoms with Crippen LogP contribution >= 0.6 is 0 Å². The Morgan fingerprint density at radius 1 is 1.00 bits per heavy atom. The van der Waals surface area contributed by atoms with E-state index in [1.165, 1.54) is 73.6 Å². The molecule has 5 rings (SSSR count). The molecule has 66 heavy (non-hydrogen) atoms. The van der Waals surface area contributed by atoms with Crippen LogP contribution in [0.3, 0.4) is 0 Å². The number of nitrogens with one attached hydrogen (secondary N) is 4. The SMILES string of the molecule is C=Cc1cc(C(=O)Nc2ccc(C(=N)NC(=O)OC[C@@H]3C[C@H](CC(=O)OC(C)(C)C)OC(C)(C)O3)cc2)c(C2=CC=C(C(=O)NCC3CC3)N(C(C)OC(=O)C(C)C)C2C(=O)O)cc1OC. The molecule has 2 aromatic carbocycles. The standard InChI is InChI=1S/C48H61N5O13/c1-11-29-20-36(35(23-38(29)61-10)34-18-19-37(43(56)50-24-28-12-13-28)53(40(34)44(57)58)27(4)63-45(59)26(2)3)42(55)51-31-16-14-30(15-17-31)41(49)52-46(60)62-25-33-21-32(64-48(8,9)65-33)22-39(54)66-47(5,6)7/h11,14-20,23,26-28,32-33,40H,1,12-13,21-22,24-25H2,2-10H3,(H,50,56)(H,51,55)(H,57,58)(H2,49,52,60)/t27?,32-,33+,40?/m1/s1. The van der Waals surface area contributed by atoms with Crippen LogP contribution in [-0.2, 0) is 42.9 Å². The van der Waals surface area contributed by atoms with E-state index in [0.717, 1.165) is 12.8 Å². The van der Waals surface area contributed by atoms with Gasteiger partial charge in [-0.15, -0.1) is 0 Å². The van der Waals surface area contributed by atoms with Gasteiger partial charge in [0, 0.05) is 35.3 Å². The molecule has 2 aliphatic heterocycles. The maximum atomic E-state index is 14.2. The summed E-state index contributed by atoms with van der Waals surface area (Å²) in [5, 5.41) is 27.4. The molecule has 2 fully saturated rings. The van der Waals surface area contributed by atoms with Gasteiger partial charge in [-0.1, -0.05) is 32.6 Å². The van der Waals surface area contributed by atoms with Crippen LogP contribution in [0.15, 0.2) is 60.8 Å². The number of benzene rings is 2. The normalized spacial score (nSPS) is 19.5. The molecule has 1 saturated carbocycles. The van der Waals surface area contributed by atoms with Crippen LogP contribution in [0.25, 0.3) is 11.6 Å². The molecule has 1 aliphatic carbocycles. The third-order valence-corrected chi connectivity index (χ3v) is 10.6. The second-order valence-corrected chi connectivity index (χ2v) is 18.0. The van der Waals surface area contributed by atoms with Crippen LogP contribution in [0.2, 0.25) is 0 Å². The van der Waals surface area contributed by atoms with E-state index >= 15 is 0 Å². The van der Waals surface area contributed by atoms with Crippen LogP contribution in [0.1, 0.15) is 108 Å². The average molecular weight is 916 g/mol. The van der Waals surface area contributed by atoms with E-state index in [4.69, 9.17) is 33.8 Å². The number of carboxylic acid groups (broad SMARTS) is 1. The fourth-order valence-electron chi connectivity index (χ4n) is 7.41. The fraction of sp³-hybridized carbons (Fsp3) is 0.479. The van der Waals surface area contributed by atoms with Gasteiger partial charge in [0.05, 0.1) is 31.7 Å². The van der Waals surface area contributed by atoms with Crippen LogP contribution in [0.5, 0.6) is 5.75 Å². The quantitative estimate of drug-likeness (QED) is 0.0500. The molecule has 4 atom stereocenters. The number of allylic oxidation sites excluding steroid dienone is 2. The lowest BCUT2D eigenvalue weighted by Gasteiger charge is -2.40. The van der Waals surface area contributed by atoms with Crippen LogP contribution in [0.4, 0.5) is 10.5 Å². The van der Waals surface area contributed by atoms with Crippen molar-refractivity contribution in [2.45, 2.75) is 117 Å². The van der Waals surface area contributed by atoms with Crippen molar-refractivity contribution < 1.29 is 62.3 Å². The van der Waals surface area contributed by atoms with Crippen LogP contribution < -0.4 is 20.7 Å². The molecule has 3 aliphatic rings. The van der Waals surface area contributed by atoms with Gasteiger partial charge in [-0.25, -0.2) is 9.59 Å². The summed E-state index contributed by atoms with van der Waals surface area (Å²) in [6.07, 6.45) is 3.29. The number of hydrogen-bond donors (Lipinski definition) is 5. The summed E-state index contributed by atoms with van der Waals surface area (Å²) in [6, 6.07) is 7.41. The van der Waals surface area contributed by atoms with Crippen molar-refractivity contribution in [2.24, 2.45) is 11.8 Å². The fourth-order valence-corrected chi connectivity index (χ4v) is 7.41. The molecule has 0 spiro atoms. The number of aliphatic carboxylic acids is 1. The number of rotatable bonds is 17. The summed E-state index contributed by atoms with van der Waals surface area (Å²) >= 11 is 0. The number of carbonyl (C=O) groups excluding carboxylic acids is 5. The van der Waals surface area contributed by atoms with Gasteiger partial charge in [0.1, 0.15) is 29.5 Å².